The van der Waals surface area contributed by atoms with E-state index < -0.39 is 0 Å². The molecule has 1 atom stereocenters. The molecule has 0 aliphatic carbocycles. The second kappa shape index (κ2) is 2.33. The van der Waals surface area contributed by atoms with Crippen LogP contribution in [0.15, 0.2) is 12.3 Å². The molecule has 3 heteroatoms. The zero-order valence-electron chi connectivity index (χ0n) is 6.35. The molecular formula is C7H12N2O. The molecule has 2 amide bonds. The minimum Gasteiger partial charge on any atom is -0.317 e. The second-order valence-corrected chi connectivity index (χ2v) is 2.42. The summed E-state index contributed by atoms with van der Waals surface area (Å²) in [5.41, 5.74) is 0.798. The van der Waals surface area contributed by atoms with Crippen molar-refractivity contribution in [1.29, 1.82) is 0 Å². The molecule has 1 unspecified atom stereocenters. The molecule has 0 spiro atoms. The van der Waals surface area contributed by atoms with Crippen molar-refractivity contribution in [1.82, 2.24) is 10.2 Å². The smallest absolute Gasteiger partial charge is 0.317 e. The standard InChI is InChI=1S/C7H12N2O/c1-4-9-6(3)5(2)8-7(9)10/h6H,2,4H2,1,3H3,(H,8,10). The predicted molar refractivity (Wildman–Crippen MR) is 39.5 cm³/mol. The lowest BCUT2D eigenvalue weighted by atomic mass is 10.3. The van der Waals surface area contributed by atoms with Crippen molar-refractivity contribution in [3.05, 3.63) is 12.3 Å². The largest absolute Gasteiger partial charge is 0.322 e. The van der Waals surface area contributed by atoms with Crippen LogP contribution in [0.5, 0.6) is 0 Å². The van der Waals surface area contributed by atoms with E-state index in [1.165, 1.54) is 0 Å². The summed E-state index contributed by atoms with van der Waals surface area (Å²) < 4.78 is 0. The van der Waals surface area contributed by atoms with Crippen LogP contribution in [0.1, 0.15) is 13.8 Å². The van der Waals surface area contributed by atoms with Gasteiger partial charge in [-0.05, 0) is 13.8 Å². The van der Waals surface area contributed by atoms with Gasteiger partial charge in [-0.15, -0.1) is 0 Å². The molecule has 0 saturated carbocycles. The van der Waals surface area contributed by atoms with E-state index in [4.69, 9.17) is 0 Å². The number of carbonyl (C=O) groups excluding carboxylic acids is 1. The Kier molecular flexibility index (Phi) is 1.66. The highest BCUT2D eigenvalue weighted by Crippen LogP contribution is 2.13. The molecule has 1 rings (SSSR count). The van der Waals surface area contributed by atoms with Gasteiger partial charge in [0.25, 0.3) is 0 Å². The molecule has 1 saturated heterocycles. The maximum Gasteiger partial charge on any atom is 0.322 e. The van der Waals surface area contributed by atoms with Gasteiger partial charge >= 0.3 is 6.03 Å². The van der Waals surface area contributed by atoms with E-state index in [2.05, 4.69) is 11.9 Å². The van der Waals surface area contributed by atoms with Crippen LogP contribution in [0.2, 0.25) is 0 Å². The van der Waals surface area contributed by atoms with Gasteiger partial charge in [0.1, 0.15) is 0 Å². The van der Waals surface area contributed by atoms with E-state index >= 15 is 0 Å². The topological polar surface area (TPSA) is 32.3 Å². The van der Waals surface area contributed by atoms with Gasteiger partial charge in [-0.2, -0.15) is 0 Å². The van der Waals surface area contributed by atoms with Crippen molar-refractivity contribution in [2.75, 3.05) is 6.54 Å². The van der Waals surface area contributed by atoms with Gasteiger partial charge in [-0.1, -0.05) is 6.58 Å². The Morgan fingerprint density at radius 1 is 1.80 bits per heavy atom. The van der Waals surface area contributed by atoms with Crippen molar-refractivity contribution in [2.45, 2.75) is 19.9 Å². The summed E-state index contributed by atoms with van der Waals surface area (Å²) in [6, 6.07) is 0.123. The van der Waals surface area contributed by atoms with Gasteiger partial charge in [0, 0.05) is 12.2 Å². The molecule has 0 aromatic rings. The summed E-state index contributed by atoms with van der Waals surface area (Å²) in [5, 5.41) is 2.66. The highest BCUT2D eigenvalue weighted by molar-refractivity contribution is 5.80. The number of likely N-dealkylation sites (N-methyl/N-ethyl adjacent to an activating group) is 1. The molecule has 1 fully saturated rings. The van der Waals surface area contributed by atoms with Gasteiger partial charge < -0.3 is 10.2 Å². The van der Waals surface area contributed by atoms with E-state index in [1.807, 2.05) is 13.8 Å². The fourth-order valence-electron chi connectivity index (χ4n) is 1.10. The van der Waals surface area contributed by atoms with Gasteiger partial charge in [0.2, 0.25) is 0 Å². The molecule has 1 aliphatic rings. The first-order valence-corrected chi connectivity index (χ1v) is 3.43. The number of amides is 2. The molecule has 1 heterocycles. The third-order valence-corrected chi connectivity index (χ3v) is 1.84. The van der Waals surface area contributed by atoms with Crippen molar-refractivity contribution in [2.24, 2.45) is 0 Å². The lowest BCUT2D eigenvalue weighted by molar-refractivity contribution is 0.210. The number of rotatable bonds is 1. The normalized spacial score (nSPS) is 25.4. The Balaban J connectivity index is 2.73. The van der Waals surface area contributed by atoms with Crippen LogP contribution < -0.4 is 5.32 Å². The van der Waals surface area contributed by atoms with Crippen LogP contribution >= 0.6 is 0 Å². The molecule has 0 radical (unpaired) electrons. The zero-order chi connectivity index (χ0) is 7.72. The van der Waals surface area contributed by atoms with Crippen molar-refractivity contribution in [3.63, 3.8) is 0 Å². The van der Waals surface area contributed by atoms with E-state index in [1.54, 1.807) is 4.90 Å². The molecule has 0 aromatic heterocycles. The first-order valence-electron chi connectivity index (χ1n) is 3.43. The Morgan fingerprint density at radius 3 is 2.60 bits per heavy atom. The average Bonchev–Trinajstić information content (AvgIpc) is 2.09. The van der Waals surface area contributed by atoms with Crippen LogP contribution in [-0.4, -0.2) is 23.5 Å². The first kappa shape index (κ1) is 7.12. The van der Waals surface area contributed by atoms with Crippen molar-refractivity contribution < 1.29 is 4.79 Å². The number of hydrogen-bond acceptors (Lipinski definition) is 1. The Morgan fingerprint density at radius 2 is 2.40 bits per heavy atom. The Bertz CT molecular complexity index is 176. The summed E-state index contributed by atoms with van der Waals surface area (Å²) in [5.74, 6) is 0. The average molecular weight is 140 g/mol. The van der Waals surface area contributed by atoms with E-state index in [0.717, 1.165) is 12.2 Å². The summed E-state index contributed by atoms with van der Waals surface area (Å²) in [6.07, 6.45) is 0. The number of carbonyl (C=O) groups is 1. The SMILES string of the molecule is C=C1NC(=O)N(CC)C1C. The summed E-state index contributed by atoms with van der Waals surface area (Å²) >= 11 is 0. The number of hydrogen-bond donors (Lipinski definition) is 1. The van der Waals surface area contributed by atoms with Crippen LogP contribution in [0.4, 0.5) is 4.79 Å². The third-order valence-electron chi connectivity index (χ3n) is 1.84. The van der Waals surface area contributed by atoms with E-state index in [-0.39, 0.29) is 12.1 Å². The monoisotopic (exact) mass is 140 g/mol. The fourth-order valence-corrected chi connectivity index (χ4v) is 1.10. The molecular weight excluding hydrogens is 128 g/mol. The second-order valence-electron chi connectivity index (χ2n) is 2.42. The highest BCUT2D eigenvalue weighted by atomic mass is 16.2. The fraction of sp³-hybridized carbons (Fsp3) is 0.571. The lowest BCUT2D eigenvalue weighted by Gasteiger charge is -2.16. The zero-order valence-corrected chi connectivity index (χ0v) is 6.35. The minimum atomic E-state index is -0.0278. The maximum atomic E-state index is 11.0. The molecule has 10 heavy (non-hydrogen) atoms. The molecule has 1 aliphatic heterocycles. The molecule has 56 valence electrons. The summed E-state index contributed by atoms with van der Waals surface area (Å²) in [4.78, 5) is 12.7. The van der Waals surface area contributed by atoms with Crippen molar-refractivity contribution in [3.8, 4) is 0 Å². The number of nitrogens with zero attached hydrogens (tertiary/aromatic N) is 1. The van der Waals surface area contributed by atoms with Gasteiger partial charge in [0.05, 0.1) is 6.04 Å². The van der Waals surface area contributed by atoms with Gasteiger partial charge in [-0.3, -0.25) is 0 Å². The van der Waals surface area contributed by atoms with Gasteiger partial charge in [-0.25, -0.2) is 4.79 Å². The Labute approximate surface area is 60.7 Å². The Hall–Kier alpha value is -0.990. The minimum absolute atomic E-state index is 0.0278. The molecule has 1 N–H and O–H groups in total. The highest BCUT2D eigenvalue weighted by Gasteiger charge is 2.28. The maximum absolute atomic E-state index is 11.0. The molecule has 0 bridgehead atoms. The molecule has 3 nitrogen and oxygen atoms in total. The predicted octanol–water partition coefficient (Wildman–Crippen LogP) is 0.934. The number of urea groups is 1. The van der Waals surface area contributed by atoms with Crippen LogP contribution in [-0.2, 0) is 0 Å². The third kappa shape index (κ3) is 0.875. The summed E-state index contributed by atoms with van der Waals surface area (Å²) in [7, 11) is 0. The van der Waals surface area contributed by atoms with E-state index in [0.29, 0.717) is 0 Å². The number of nitrogens with one attached hydrogen (secondary N) is 1. The van der Waals surface area contributed by atoms with Crippen LogP contribution in [0, 0.1) is 0 Å². The first-order chi connectivity index (χ1) is 4.66. The summed E-state index contributed by atoms with van der Waals surface area (Å²) in [6.45, 7) is 8.37. The van der Waals surface area contributed by atoms with Crippen molar-refractivity contribution >= 4 is 6.03 Å². The lowest BCUT2D eigenvalue weighted by Crippen LogP contribution is -2.31. The van der Waals surface area contributed by atoms with Crippen LogP contribution in [0.25, 0.3) is 0 Å². The molecule has 0 aromatic carbocycles. The van der Waals surface area contributed by atoms with Crippen LogP contribution in [0.3, 0.4) is 0 Å². The van der Waals surface area contributed by atoms with Gasteiger partial charge in [0.15, 0.2) is 0 Å². The van der Waals surface area contributed by atoms with E-state index in [9.17, 15) is 4.79 Å². The quantitative estimate of drug-likeness (QED) is 0.577.